The minimum absolute atomic E-state index is 0.0248. The second kappa shape index (κ2) is 34.1. The van der Waals surface area contributed by atoms with Gasteiger partial charge in [0, 0.05) is 13.0 Å². The van der Waals surface area contributed by atoms with Gasteiger partial charge in [-0.1, -0.05) is 141 Å². The summed E-state index contributed by atoms with van der Waals surface area (Å²) in [6.45, 7) is 5.38. The van der Waals surface area contributed by atoms with Gasteiger partial charge in [-0.3, -0.25) is 9.36 Å². The maximum atomic E-state index is 12.6. The minimum Gasteiger partial charge on any atom is -0.756 e. The van der Waals surface area contributed by atoms with Gasteiger partial charge in [0.2, 0.25) is 0 Å². The topological polar surface area (TPSA) is 94.1 Å². The van der Waals surface area contributed by atoms with Gasteiger partial charge in [-0.2, -0.15) is 0 Å². The number of unbranched alkanes of at least 4 members (excludes halogenated alkanes) is 19. The van der Waals surface area contributed by atoms with Crippen molar-refractivity contribution in [2.75, 3.05) is 54.1 Å². The van der Waals surface area contributed by atoms with Crippen LogP contribution in [0.1, 0.15) is 168 Å². The van der Waals surface area contributed by atoms with E-state index in [4.69, 9.17) is 18.5 Å². The molecule has 2 atom stereocenters. The Labute approximate surface area is 303 Å². The van der Waals surface area contributed by atoms with E-state index in [0.29, 0.717) is 24.1 Å². The zero-order chi connectivity index (χ0) is 36.3. The summed E-state index contributed by atoms with van der Waals surface area (Å²) in [7, 11) is 1.35. The first-order chi connectivity index (χ1) is 23.6. The number of carbonyl (C=O) groups excluding carboxylic acids is 1. The lowest BCUT2D eigenvalue weighted by molar-refractivity contribution is -0.870. The Balaban J connectivity index is 4.29. The van der Waals surface area contributed by atoms with E-state index in [1.807, 2.05) is 21.1 Å². The van der Waals surface area contributed by atoms with Gasteiger partial charge in [-0.25, -0.2) is 0 Å². The molecule has 0 aliphatic rings. The van der Waals surface area contributed by atoms with Crippen LogP contribution >= 0.6 is 7.82 Å². The molecule has 0 aromatic rings. The molecule has 0 radical (unpaired) electrons. The van der Waals surface area contributed by atoms with Crippen molar-refractivity contribution in [2.45, 2.75) is 174 Å². The average molecular weight is 716 g/mol. The number of phosphoric ester groups is 1. The van der Waals surface area contributed by atoms with Gasteiger partial charge in [0.15, 0.2) is 0 Å². The molecule has 0 spiro atoms. The second-order valence-electron chi connectivity index (χ2n) is 14.6. The predicted molar refractivity (Wildman–Crippen MR) is 204 cm³/mol. The van der Waals surface area contributed by atoms with Crippen LogP contribution in [-0.4, -0.2) is 70.7 Å². The Kier molecular flexibility index (Phi) is 33.4. The van der Waals surface area contributed by atoms with Crippen LogP contribution in [-0.2, 0) is 27.9 Å². The monoisotopic (exact) mass is 716 g/mol. The summed E-state index contributed by atoms with van der Waals surface area (Å²) in [6.07, 6.45) is 36.1. The molecule has 0 N–H and O–H groups in total. The third kappa shape index (κ3) is 38.1. The summed E-state index contributed by atoms with van der Waals surface area (Å²) in [6, 6.07) is 0. The third-order valence-electron chi connectivity index (χ3n) is 8.51. The fourth-order valence-electron chi connectivity index (χ4n) is 5.34. The van der Waals surface area contributed by atoms with Crippen molar-refractivity contribution in [1.82, 2.24) is 0 Å². The lowest BCUT2D eigenvalue weighted by Gasteiger charge is -2.28. The molecule has 0 heterocycles. The SMILES string of the molecule is CCCCCC/C=C\C/C=C\CCCCCCCC(=O)OC(COCCCCCCCCCCCCC)COP(=O)([O-])OCC[N+](C)(C)C. The van der Waals surface area contributed by atoms with Crippen LogP contribution in [0.25, 0.3) is 0 Å². The summed E-state index contributed by atoms with van der Waals surface area (Å²) >= 11 is 0. The number of rotatable bonds is 37. The molecule has 290 valence electrons. The lowest BCUT2D eigenvalue weighted by atomic mass is 10.1. The minimum atomic E-state index is -4.52. The highest BCUT2D eigenvalue weighted by Crippen LogP contribution is 2.38. The van der Waals surface area contributed by atoms with Gasteiger partial charge >= 0.3 is 5.97 Å². The molecule has 0 saturated heterocycles. The highest BCUT2D eigenvalue weighted by molar-refractivity contribution is 7.45. The second-order valence-corrected chi connectivity index (χ2v) is 16.1. The van der Waals surface area contributed by atoms with Gasteiger partial charge in [0.25, 0.3) is 7.82 Å². The van der Waals surface area contributed by atoms with Crippen molar-refractivity contribution < 1.29 is 37.3 Å². The lowest BCUT2D eigenvalue weighted by Crippen LogP contribution is -2.37. The third-order valence-corrected chi connectivity index (χ3v) is 9.47. The van der Waals surface area contributed by atoms with Crippen molar-refractivity contribution in [1.29, 1.82) is 0 Å². The first-order valence-corrected chi connectivity index (χ1v) is 21.5. The van der Waals surface area contributed by atoms with Crippen LogP contribution in [0.5, 0.6) is 0 Å². The quantitative estimate of drug-likeness (QED) is 0.0208. The summed E-state index contributed by atoms with van der Waals surface area (Å²) in [5.41, 5.74) is 0. The molecule has 0 aromatic carbocycles. The van der Waals surface area contributed by atoms with Crippen LogP contribution in [0.3, 0.4) is 0 Å². The van der Waals surface area contributed by atoms with E-state index in [1.54, 1.807) is 0 Å². The molecule has 49 heavy (non-hydrogen) atoms. The summed E-state index contributed by atoms with van der Waals surface area (Å²) in [5.74, 6) is -0.347. The van der Waals surface area contributed by atoms with Crippen molar-refractivity contribution in [3.63, 3.8) is 0 Å². The number of allylic oxidation sites excluding steroid dienone is 4. The number of hydrogen-bond acceptors (Lipinski definition) is 7. The number of hydrogen-bond donors (Lipinski definition) is 0. The predicted octanol–water partition coefficient (Wildman–Crippen LogP) is 10.6. The fraction of sp³-hybridized carbons (Fsp3) is 0.875. The molecular weight excluding hydrogens is 637 g/mol. The van der Waals surface area contributed by atoms with Crippen LogP contribution in [0.4, 0.5) is 0 Å². The summed E-state index contributed by atoms with van der Waals surface area (Å²) in [4.78, 5) is 24.9. The molecular formula is C40H78NO7P. The molecule has 0 aliphatic carbocycles. The van der Waals surface area contributed by atoms with E-state index in [-0.39, 0.29) is 25.8 Å². The number of likely N-dealkylation sites (N-methyl/N-ethyl adjacent to an activating group) is 1. The average Bonchev–Trinajstić information content (AvgIpc) is 3.04. The normalized spacial score (nSPS) is 14.2. The first-order valence-electron chi connectivity index (χ1n) is 20.1. The van der Waals surface area contributed by atoms with E-state index >= 15 is 0 Å². The summed E-state index contributed by atoms with van der Waals surface area (Å²) < 4.78 is 34.4. The Bertz CT molecular complexity index is 843. The smallest absolute Gasteiger partial charge is 0.306 e. The van der Waals surface area contributed by atoms with Gasteiger partial charge < -0.3 is 27.9 Å². The van der Waals surface area contributed by atoms with E-state index in [0.717, 1.165) is 57.8 Å². The van der Waals surface area contributed by atoms with Crippen molar-refractivity contribution >= 4 is 13.8 Å². The number of esters is 1. The number of quaternary nitrogens is 1. The van der Waals surface area contributed by atoms with Crippen LogP contribution < -0.4 is 4.89 Å². The van der Waals surface area contributed by atoms with Gasteiger partial charge in [-0.05, 0) is 44.9 Å². The van der Waals surface area contributed by atoms with Crippen LogP contribution in [0, 0.1) is 0 Å². The molecule has 0 aromatic heterocycles. The first kappa shape index (κ1) is 48.0. The van der Waals surface area contributed by atoms with E-state index in [2.05, 4.69) is 38.2 Å². The zero-order valence-electron chi connectivity index (χ0n) is 32.6. The molecule has 2 unspecified atom stereocenters. The van der Waals surface area contributed by atoms with Crippen molar-refractivity contribution in [3.8, 4) is 0 Å². The fourth-order valence-corrected chi connectivity index (χ4v) is 6.07. The number of nitrogens with zero attached hydrogens (tertiary/aromatic N) is 1. The molecule has 0 rings (SSSR count). The van der Waals surface area contributed by atoms with Gasteiger partial charge in [0.1, 0.15) is 19.3 Å². The highest BCUT2D eigenvalue weighted by Gasteiger charge is 2.20. The Hall–Kier alpha value is -1.02. The Morgan fingerprint density at radius 1 is 0.633 bits per heavy atom. The molecule has 0 saturated carbocycles. The van der Waals surface area contributed by atoms with E-state index < -0.39 is 13.9 Å². The van der Waals surface area contributed by atoms with E-state index in [1.165, 1.54) is 89.9 Å². The summed E-state index contributed by atoms with van der Waals surface area (Å²) in [5, 5.41) is 0. The Morgan fingerprint density at radius 2 is 1.12 bits per heavy atom. The molecule has 0 aliphatic heterocycles. The van der Waals surface area contributed by atoms with Gasteiger partial charge in [0.05, 0.1) is 34.4 Å². The maximum Gasteiger partial charge on any atom is 0.306 e. The van der Waals surface area contributed by atoms with E-state index in [9.17, 15) is 14.3 Å². The Morgan fingerprint density at radius 3 is 1.67 bits per heavy atom. The van der Waals surface area contributed by atoms with Crippen molar-refractivity contribution in [3.05, 3.63) is 24.3 Å². The number of phosphoric acid groups is 1. The number of carbonyl (C=O) groups is 1. The largest absolute Gasteiger partial charge is 0.756 e. The molecule has 0 amide bonds. The number of ether oxygens (including phenoxy) is 2. The van der Waals surface area contributed by atoms with Crippen molar-refractivity contribution in [2.24, 2.45) is 0 Å². The molecule has 0 bridgehead atoms. The molecule has 0 fully saturated rings. The standard InChI is InChI=1S/C40H78NO7P/c1-6-8-10-12-14-16-18-19-20-21-22-23-25-27-29-31-33-40(42)48-39(38-47-49(43,44)46-36-34-41(3,4)5)37-45-35-32-30-28-26-24-17-15-13-11-9-7-2/h16,18,20-21,39H,6-15,17,19,22-38H2,1-5H3/b18-16-,21-20-. The zero-order valence-corrected chi connectivity index (χ0v) is 33.5. The van der Waals surface area contributed by atoms with Crippen LogP contribution in [0.2, 0.25) is 0 Å². The van der Waals surface area contributed by atoms with Crippen LogP contribution in [0.15, 0.2) is 24.3 Å². The highest BCUT2D eigenvalue weighted by atomic mass is 31.2. The molecule has 8 nitrogen and oxygen atoms in total. The van der Waals surface area contributed by atoms with Gasteiger partial charge in [-0.15, -0.1) is 0 Å². The molecule has 9 heteroatoms. The maximum absolute atomic E-state index is 12.6.